The molecule has 74 valence electrons. The third-order valence-corrected chi connectivity index (χ3v) is 3.22. The molecule has 0 amide bonds. The molecule has 1 aromatic carbocycles. The topological polar surface area (TPSA) is 0 Å². The molecule has 0 aliphatic heterocycles. The van der Waals surface area contributed by atoms with Crippen molar-refractivity contribution in [2.75, 3.05) is 0 Å². The summed E-state index contributed by atoms with van der Waals surface area (Å²) in [5, 5.41) is 0.803. The van der Waals surface area contributed by atoms with Gasteiger partial charge in [0.15, 0.2) is 0 Å². The summed E-state index contributed by atoms with van der Waals surface area (Å²) in [4.78, 5) is 0. The van der Waals surface area contributed by atoms with Crippen molar-refractivity contribution in [2.45, 2.75) is 25.1 Å². The van der Waals surface area contributed by atoms with E-state index in [4.69, 9.17) is 23.2 Å². The number of hydrogen-bond donors (Lipinski definition) is 0. The zero-order valence-corrected chi connectivity index (χ0v) is 9.57. The van der Waals surface area contributed by atoms with Gasteiger partial charge in [-0.1, -0.05) is 29.3 Å². The van der Waals surface area contributed by atoms with E-state index in [1.54, 1.807) is 0 Å². The molecule has 0 aromatic heterocycles. The van der Waals surface area contributed by atoms with Crippen molar-refractivity contribution in [3.05, 3.63) is 46.0 Å². The van der Waals surface area contributed by atoms with Crippen molar-refractivity contribution >= 4 is 23.2 Å². The second-order valence-electron chi connectivity index (χ2n) is 3.76. The van der Waals surface area contributed by atoms with Gasteiger partial charge in [0, 0.05) is 5.02 Å². The molecule has 2 rings (SSSR count). The molecule has 14 heavy (non-hydrogen) atoms. The molecular formula is C12H12Cl2. The maximum atomic E-state index is 6.28. The summed E-state index contributed by atoms with van der Waals surface area (Å²) in [6.45, 7) is 2.13. The van der Waals surface area contributed by atoms with E-state index >= 15 is 0 Å². The lowest BCUT2D eigenvalue weighted by atomic mass is 10.0. The Morgan fingerprint density at radius 2 is 2.07 bits per heavy atom. The predicted octanol–water partition coefficient (Wildman–Crippen LogP) is 4.51. The first-order valence-electron chi connectivity index (χ1n) is 4.76. The lowest BCUT2D eigenvalue weighted by molar-refractivity contribution is 0.947. The lowest BCUT2D eigenvalue weighted by Crippen LogP contribution is -1.92. The molecule has 0 fully saturated rings. The van der Waals surface area contributed by atoms with Crippen LogP contribution in [0.2, 0.25) is 5.02 Å². The summed E-state index contributed by atoms with van der Waals surface area (Å²) in [6, 6.07) is 5.97. The van der Waals surface area contributed by atoms with Crippen LogP contribution >= 0.6 is 23.2 Å². The van der Waals surface area contributed by atoms with Gasteiger partial charge in [-0.25, -0.2) is 0 Å². The molecule has 1 aromatic rings. The lowest BCUT2D eigenvalue weighted by Gasteiger charge is -2.09. The molecule has 0 nitrogen and oxygen atoms in total. The van der Waals surface area contributed by atoms with Crippen molar-refractivity contribution < 1.29 is 0 Å². The van der Waals surface area contributed by atoms with Gasteiger partial charge in [-0.15, -0.1) is 11.6 Å². The van der Waals surface area contributed by atoms with E-state index in [2.05, 4.69) is 13.0 Å². The van der Waals surface area contributed by atoms with Gasteiger partial charge in [-0.3, -0.25) is 0 Å². The van der Waals surface area contributed by atoms with Gasteiger partial charge in [0.2, 0.25) is 0 Å². The third-order valence-electron chi connectivity index (χ3n) is 2.62. The van der Waals surface area contributed by atoms with Gasteiger partial charge in [-0.05, 0) is 43.0 Å². The number of benzene rings is 1. The molecule has 1 aliphatic carbocycles. The number of alkyl halides is 1. The smallest absolute Gasteiger partial charge is 0.0771 e. The summed E-state index contributed by atoms with van der Waals surface area (Å²) in [6.07, 6.45) is 4.25. The molecule has 1 unspecified atom stereocenters. The minimum atomic E-state index is 0.00441. The van der Waals surface area contributed by atoms with Crippen LogP contribution in [0.25, 0.3) is 0 Å². The standard InChI is InChI=1S/C12H12Cl2/c1-8-2-3-9-7-10(13)4-5-11(9)12(14)6-8/h4-7,12H,2-3H2,1H3. The van der Waals surface area contributed by atoms with Crippen LogP contribution < -0.4 is 0 Å². The first kappa shape index (κ1) is 10.1. The van der Waals surface area contributed by atoms with Gasteiger partial charge in [0.1, 0.15) is 0 Å². The van der Waals surface area contributed by atoms with Crippen molar-refractivity contribution in [2.24, 2.45) is 0 Å². The van der Waals surface area contributed by atoms with E-state index < -0.39 is 0 Å². The van der Waals surface area contributed by atoms with Crippen molar-refractivity contribution in [3.8, 4) is 0 Å². The highest BCUT2D eigenvalue weighted by Crippen LogP contribution is 2.33. The summed E-state index contributed by atoms with van der Waals surface area (Å²) < 4.78 is 0. The number of allylic oxidation sites excluding steroid dienone is 2. The Labute approximate surface area is 94.5 Å². The normalized spacial score (nSPS) is 21.1. The molecule has 2 heteroatoms. The second kappa shape index (κ2) is 3.96. The number of halogens is 2. The van der Waals surface area contributed by atoms with Crippen molar-refractivity contribution in [1.82, 2.24) is 0 Å². The van der Waals surface area contributed by atoms with E-state index in [1.165, 1.54) is 16.7 Å². The van der Waals surface area contributed by atoms with Crippen molar-refractivity contribution in [3.63, 3.8) is 0 Å². The molecule has 0 bridgehead atoms. The Bertz CT molecular complexity index is 380. The molecular weight excluding hydrogens is 215 g/mol. The number of aryl methyl sites for hydroxylation is 1. The summed E-state index contributed by atoms with van der Waals surface area (Å²) in [5.74, 6) is 0. The average Bonchev–Trinajstić information content (AvgIpc) is 2.26. The summed E-state index contributed by atoms with van der Waals surface area (Å²) in [5.41, 5.74) is 3.84. The molecule has 0 saturated carbocycles. The largest absolute Gasteiger partial charge is 0.113 e. The number of rotatable bonds is 0. The maximum Gasteiger partial charge on any atom is 0.0771 e. The molecule has 1 aliphatic rings. The first-order chi connectivity index (χ1) is 6.66. The summed E-state index contributed by atoms with van der Waals surface area (Å²) >= 11 is 12.2. The number of hydrogen-bond acceptors (Lipinski definition) is 0. The van der Waals surface area contributed by atoms with E-state index in [0.29, 0.717) is 0 Å². The average molecular weight is 227 g/mol. The Balaban J connectivity index is 2.46. The fourth-order valence-electron chi connectivity index (χ4n) is 1.81. The molecule has 0 spiro atoms. The maximum absolute atomic E-state index is 6.28. The van der Waals surface area contributed by atoms with E-state index in [9.17, 15) is 0 Å². The zero-order chi connectivity index (χ0) is 10.1. The van der Waals surface area contributed by atoms with E-state index in [0.717, 1.165) is 17.9 Å². The van der Waals surface area contributed by atoms with Gasteiger partial charge in [0.25, 0.3) is 0 Å². The van der Waals surface area contributed by atoms with Crippen LogP contribution in [-0.4, -0.2) is 0 Å². The first-order valence-corrected chi connectivity index (χ1v) is 5.58. The fourth-order valence-corrected chi connectivity index (χ4v) is 2.44. The van der Waals surface area contributed by atoms with Crippen LogP contribution in [0.1, 0.15) is 29.8 Å². The molecule has 1 atom stereocenters. The molecule has 0 heterocycles. The molecule has 0 N–H and O–H groups in total. The van der Waals surface area contributed by atoms with Crippen LogP contribution in [-0.2, 0) is 6.42 Å². The quantitative estimate of drug-likeness (QED) is 0.451. The Morgan fingerprint density at radius 1 is 1.29 bits per heavy atom. The molecule has 0 radical (unpaired) electrons. The highest BCUT2D eigenvalue weighted by Gasteiger charge is 2.14. The van der Waals surface area contributed by atoms with Gasteiger partial charge >= 0.3 is 0 Å². The monoisotopic (exact) mass is 226 g/mol. The highest BCUT2D eigenvalue weighted by molar-refractivity contribution is 6.30. The van der Waals surface area contributed by atoms with E-state index in [1.807, 2.05) is 18.2 Å². The Kier molecular flexibility index (Phi) is 2.85. The van der Waals surface area contributed by atoms with Crippen LogP contribution in [0.15, 0.2) is 29.8 Å². The minimum absolute atomic E-state index is 0.00441. The second-order valence-corrected chi connectivity index (χ2v) is 4.66. The molecule has 0 saturated heterocycles. The Morgan fingerprint density at radius 3 is 2.86 bits per heavy atom. The SMILES string of the molecule is CC1=CC(Cl)c2ccc(Cl)cc2CC1. The zero-order valence-electron chi connectivity index (χ0n) is 8.06. The van der Waals surface area contributed by atoms with E-state index in [-0.39, 0.29) is 5.38 Å². The minimum Gasteiger partial charge on any atom is -0.113 e. The number of fused-ring (bicyclic) bond motifs is 1. The van der Waals surface area contributed by atoms with Crippen LogP contribution in [0.4, 0.5) is 0 Å². The Hall–Kier alpha value is -0.460. The van der Waals surface area contributed by atoms with Gasteiger partial charge < -0.3 is 0 Å². The highest BCUT2D eigenvalue weighted by atomic mass is 35.5. The third kappa shape index (κ3) is 1.97. The van der Waals surface area contributed by atoms with Crippen LogP contribution in [0.5, 0.6) is 0 Å². The summed E-state index contributed by atoms with van der Waals surface area (Å²) in [7, 11) is 0. The van der Waals surface area contributed by atoms with Crippen LogP contribution in [0, 0.1) is 0 Å². The fraction of sp³-hybridized carbons (Fsp3) is 0.333. The van der Waals surface area contributed by atoms with Gasteiger partial charge in [0.05, 0.1) is 5.38 Å². The van der Waals surface area contributed by atoms with Crippen LogP contribution in [0.3, 0.4) is 0 Å². The van der Waals surface area contributed by atoms with Crippen molar-refractivity contribution in [1.29, 1.82) is 0 Å². The van der Waals surface area contributed by atoms with Gasteiger partial charge in [-0.2, -0.15) is 0 Å². The predicted molar refractivity (Wildman–Crippen MR) is 62.1 cm³/mol.